The lowest BCUT2D eigenvalue weighted by Gasteiger charge is -2.34. The molecule has 0 bridgehead atoms. The minimum Gasteiger partial charge on any atom is -0.353 e. The summed E-state index contributed by atoms with van der Waals surface area (Å²) in [7, 11) is 0. The highest BCUT2D eigenvalue weighted by Crippen LogP contribution is 2.31. The molecule has 1 saturated heterocycles. The zero-order valence-corrected chi connectivity index (χ0v) is 17.0. The first kappa shape index (κ1) is 20.4. The molecule has 1 aliphatic heterocycles. The number of halogens is 3. The van der Waals surface area contributed by atoms with Gasteiger partial charge in [-0.3, -0.25) is 9.88 Å². The minimum absolute atomic E-state index is 0.149. The van der Waals surface area contributed by atoms with Gasteiger partial charge in [0.25, 0.3) is 0 Å². The molecule has 2 aromatic carbocycles. The van der Waals surface area contributed by atoms with Crippen LogP contribution in [0.2, 0.25) is 0 Å². The maximum absolute atomic E-state index is 12.9. The van der Waals surface area contributed by atoms with Crippen LogP contribution in [0.1, 0.15) is 11.5 Å². The summed E-state index contributed by atoms with van der Waals surface area (Å²) in [6.45, 7) is 3.48. The van der Waals surface area contributed by atoms with Gasteiger partial charge in [-0.1, -0.05) is 29.4 Å². The average molecular weight is 440 g/mol. The number of hydrogen-bond donors (Lipinski definition) is 0. The molecule has 0 N–H and O–H groups in total. The van der Waals surface area contributed by atoms with E-state index >= 15 is 0 Å². The fraction of sp³-hybridized carbons (Fsp3) is 0.273. The Morgan fingerprint density at radius 1 is 0.906 bits per heavy atom. The Hall–Kier alpha value is -3.53. The van der Waals surface area contributed by atoms with Crippen molar-refractivity contribution in [3.8, 4) is 11.4 Å². The minimum atomic E-state index is -4.42. The highest BCUT2D eigenvalue weighted by Gasteiger charge is 2.31. The van der Waals surface area contributed by atoms with E-state index in [1.807, 2.05) is 24.3 Å². The third-order valence-corrected chi connectivity index (χ3v) is 5.41. The van der Waals surface area contributed by atoms with Gasteiger partial charge in [0, 0.05) is 31.7 Å². The van der Waals surface area contributed by atoms with Crippen molar-refractivity contribution in [1.29, 1.82) is 0 Å². The maximum Gasteiger partial charge on any atom is 0.416 e. The molecule has 1 aliphatic rings. The predicted molar refractivity (Wildman–Crippen MR) is 112 cm³/mol. The second-order valence-electron chi connectivity index (χ2n) is 7.57. The first-order valence-electron chi connectivity index (χ1n) is 10.1. The van der Waals surface area contributed by atoms with Crippen LogP contribution in [0, 0.1) is 0 Å². The van der Waals surface area contributed by atoms with Crippen molar-refractivity contribution < 1.29 is 17.7 Å². The molecule has 2 aromatic heterocycles. The van der Waals surface area contributed by atoms with Crippen molar-refractivity contribution in [3.05, 3.63) is 66.2 Å². The summed E-state index contributed by atoms with van der Waals surface area (Å²) in [5, 5.41) is 3.86. The molecule has 0 saturated carbocycles. The molecule has 0 unspecified atom stereocenters. The molecule has 1 fully saturated rings. The summed E-state index contributed by atoms with van der Waals surface area (Å²) in [6, 6.07) is 12.7. The molecule has 0 atom stereocenters. The number of benzene rings is 2. The van der Waals surface area contributed by atoms with Crippen LogP contribution >= 0.6 is 0 Å². The van der Waals surface area contributed by atoms with Gasteiger partial charge in [-0.25, -0.2) is 4.98 Å². The zero-order chi connectivity index (χ0) is 22.1. The molecule has 32 heavy (non-hydrogen) atoms. The van der Waals surface area contributed by atoms with E-state index in [1.54, 1.807) is 6.20 Å². The van der Waals surface area contributed by atoms with Crippen molar-refractivity contribution in [2.45, 2.75) is 12.7 Å². The average Bonchev–Trinajstić information content (AvgIpc) is 3.27. The number of rotatable bonds is 4. The first-order chi connectivity index (χ1) is 15.5. The Morgan fingerprint density at radius 2 is 1.69 bits per heavy atom. The van der Waals surface area contributed by atoms with Gasteiger partial charge < -0.3 is 9.42 Å². The standard InChI is InChI=1S/C22H19F3N6O/c23-22(24,25)16-5-3-4-15(12-16)21-28-20(32-29-21)14-30-8-10-31(11-9-30)19-13-26-17-6-1-2-7-18(17)27-19/h1-7,12-13H,8-11,14H2. The van der Waals surface area contributed by atoms with Crippen LogP contribution in [0.4, 0.5) is 19.0 Å². The SMILES string of the molecule is FC(F)(F)c1cccc(-c2noc(CN3CCN(c4cnc5ccccc5n4)CC3)n2)c1. The van der Waals surface area contributed by atoms with Crippen molar-refractivity contribution in [1.82, 2.24) is 25.0 Å². The molecule has 0 spiro atoms. The van der Waals surface area contributed by atoms with E-state index in [1.165, 1.54) is 12.1 Å². The van der Waals surface area contributed by atoms with Crippen LogP contribution in [0.5, 0.6) is 0 Å². The smallest absolute Gasteiger partial charge is 0.353 e. The van der Waals surface area contributed by atoms with Crippen molar-refractivity contribution in [2.75, 3.05) is 31.1 Å². The van der Waals surface area contributed by atoms with Crippen molar-refractivity contribution in [2.24, 2.45) is 0 Å². The second-order valence-corrected chi connectivity index (χ2v) is 7.57. The summed E-state index contributed by atoms with van der Waals surface area (Å²) < 4.78 is 44.1. The summed E-state index contributed by atoms with van der Waals surface area (Å²) in [5.74, 6) is 1.36. The third-order valence-electron chi connectivity index (χ3n) is 5.41. The summed E-state index contributed by atoms with van der Waals surface area (Å²) in [5.41, 5.74) is 1.26. The monoisotopic (exact) mass is 440 g/mol. The van der Waals surface area contributed by atoms with E-state index in [-0.39, 0.29) is 11.4 Å². The molecule has 0 amide bonds. The fourth-order valence-electron chi connectivity index (χ4n) is 3.70. The molecular weight excluding hydrogens is 421 g/mol. The highest BCUT2D eigenvalue weighted by molar-refractivity contribution is 5.75. The van der Waals surface area contributed by atoms with E-state index in [4.69, 9.17) is 9.51 Å². The number of para-hydroxylation sites is 2. The van der Waals surface area contributed by atoms with Crippen LogP contribution in [-0.2, 0) is 12.7 Å². The number of aromatic nitrogens is 4. The van der Waals surface area contributed by atoms with Gasteiger partial charge in [-0.15, -0.1) is 0 Å². The van der Waals surface area contributed by atoms with E-state index in [0.29, 0.717) is 12.4 Å². The zero-order valence-electron chi connectivity index (χ0n) is 17.0. The lowest BCUT2D eigenvalue weighted by atomic mass is 10.1. The van der Waals surface area contributed by atoms with Gasteiger partial charge in [-0.05, 0) is 24.3 Å². The van der Waals surface area contributed by atoms with Crippen LogP contribution < -0.4 is 4.90 Å². The molecule has 5 rings (SSSR count). The fourth-order valence-corrected chi connectivity index (χ4v) is 3.70. The Kier molecular flexibility index (Phi) is 5.22. The van der Waals surface area contributed by atoms with Gasteiger partial charge >= 0.3 is 6.18 Å². The van der Waals surface area contributed by atoms with E-state index < -0.39 is 11.7 Å². The van der Waals surface area contributed by atoms with Gasteiger partial charge in [0.05, 0.1) is 29.3 Å². The molecule has 3 heterocycles. The van der Waals surface area contributed by atoms with Crippen LogP contribution in [0.15, 0.2) is 59.3 Å². The van der Waals surface area contributed by atoms with Gasteiger partial charge in [0.15, 0.2) is 0 Å². The first-order valence-corrected chi connectivity index (χ1v) is 10.1. The van der Waals surface area contributed by atoms with Gasteiger partial charge in [0.1, 0.15) is 5.82 Å². The van der Waals surface area contributed by atoms with Gasteiger partial charge in [-0.2, -0.15) is 18.2 Å². The molecule has 10 heteroatoms. The number of hydrogen-bond acceptors (Lipinski definition) is 7. The Morgan fingerprint density at radius 3 is 2.47 bits per heavy atom. The largest absolute Gasteiger partial charge is 0.416 e. The Labute approximate surface area is 181 Å². The number of piperazine rings is 1. The quantitative estimate of drug-likeness (QED) is 0.475. The van der Waals surface area contributed by atoms with Crippen LogP contribution in [0.3, 0.4) is 0 Å². The van der Waals surface area contributed by atoms with Gasteiger partial charge in [0.2, 0.25) is 11.7 Å². The molecular formula is C22H19F3N6O. The molecule has 0 aliphatic carbocycles. The maximum atomic E-state index is 12.9. The third kappa shape index (κ3) is 4.26. The van der Waals surface area contributed by atoms with E-state index in [2.05, 4.69) is 24.9 Å². The summed E-state index contributed by atoms with van der Waals surface area (Å²) >= 11 is 0. The van der Waals surface area contributed by atoms with Crippen molar-refractivity contribution in [3.63, 3.8) is 0 Å². The number of alkyl halides is 3. The Bertz CT molecular complexity index is 1230. The summed E-state index contributed by atoms with van der Waals surface area (Å²) in [6.07, 6.45) is -2.63. The number of anilines is 1. The second kappa shape index (κ2) is 8.19. The molecule has 164 valence electrons. The molecule has 7 nitrogen and oxygen atoms in total. The van der Waals surface area contributed by atoms with E-state index in [9.17, 15) is 13.2 Å². The van der Waals surface area contributed by atoms with E-state index in [0.717, 1.165) is 55.2 Å². The van der Waals surface area contributed by atoms with Crippen LogP contribution in [0.25, 0.3) is 22.4 Å². The Balaban J connectivity index is 1.22. The van der Waals surface area contributed by atoms with Crippen LogP contribution in [-0.4, -0.2) is 51.2 Å². The lowest BCUT2D eigenvalue weighted by molar-refractivity contribution is -0.137. The number of nitrogens with zero attached hydrogens (tertiary/aromatic N) is 6. The number of fused-ring (bicyclic) bond motifs is 1. The molecule has 4 aromatic rings. The lowest BCUT2D eigenvalue weighted by Crippen LogP contribution is -2.46. The normalized spacial score (nSPS) is 15.4. The highest BCUT2D eigenvalue weighted by atomic mass is 19.4. The summed E-state index contributed by atoms with van der Waals surface area (Å²) in [4.78, 5) is 17.8. The predicted octanol–water partition coefficient (Wildman–Crippen LogP) is 4.02. The van der Waals surface area contributed by atoms with Crippen molar-refractivity contribution >= 4 is 16.9 Å². The molecule has 0 radical (unpaired) electrons. The topological polar surface area (TPSA) is 71.2 Å².